The van der Waals surface area contributed by atoms with Crippen molar-refractivity contribution in [2.45, 2.75) is 25.0 Å². The highest BCUT2D eigenvalue weighted by molar-refractivity contribution is 5.85. The molecule has 0 aliphatic carbocycles. The van der Waals surface area contributed by atoms with Crippen molar-refractivity contribution in [3.05, 3.63) is 71.8 Å². The maximum absolute atomic E-state index is 6.38. The van der Waals surface area contributed by atoms with Gasteiger partial charge in [-0.15, -0.1) is 12.4 Å². The average Bonchev–Trinajstić information content (AvgIpc) is 2.63. The van der Waals surface area contributed by atoms with Crippen molar-refractivity contribution in [2.75, 3.05) is 19.7 Å². The molecule has 3 nitrogen and oxygen atoms in total. The number of hydrogen-bond donors (Lipinski definition) is 1. The molecule has 0 amide bonds. The first-order valence-electron chi connectivity index (χ1n) is 8.67. The van der Waals surface area contributed by atoms with E-state index >= 15 is 0 Å². The van der Waals surface area contributed by atoms with Crippen molar-refractivity contribution in [1.82, 2.24) is 5.32 Å². The highest BCUT2D eigenvalue weighted by Crippen LogP contribution is 2.39. The molecule has 2 aromatic rings. The zero-order valence-corrected chi connectivity index (χ0v) is 15.1. The van der Waals surface area contributed by atoms with E-state index in [1.165, 1.54) is 11.1 Å². The normalized spacial score (nSPS) is 17.8. The molecular weight excluding hydrogens is 334 g/mol. The first-order chi connectivity index (χ1) is 11.8. The van der Waals surface area contributed by atoms with E-state index in [9.17, 15) is 0 Å². The summed E-state index contributed by atoms with van der Waals surface area (Å²) in [6.45, 7) is 3.24. The Morgan fingerprint density at radius 1 is 0.920 bits per heavy atom. The quantitative estimate of drug-likeness (QED) is 0.888. The molecule has 2 aromatic carbocycles. The lowest BCUT2D eigenvalue weighted by atomic mass is 9.86. The van der Waals surface area contributed by atoms with Gasteiger partial charge in [-0.2, -0.15) is 0 Å². The second kappa shape index (κ2) is 8.05. The van der Waals surface area contributed by atoms with Crippen molar-refractivity contribution < 1.29 is 9.47 Å². The summed E-state index contributed by atoms with van der Waals surface area (Å²) in [4.78, 5) is 0. The Kier molecular flexibility index (Phi) is 5.79. The van der Waals surface area contributed by atoms with E-state index in [-0.39, 0.29) is 18.0 Å². The third kappa shape index (κ3) is 4.06. The van der Waals surface area contributed by atoms with E-state index in [2.05, 4.69) is 41.7 Å². The zero-order chi connectivity index (χ0) is 16.2. The van der Waals surface area contributed by atoms with Crippen LogP contribution in [-0.2, 0) is 11.3 Å². The molecule has 1 fully saturated rings. The van der Waals surface area contributed by atoms with Crippen LogP contribution in [0.3, 0.4) is 0 Å². The fourth-order valence-corrected chi connectivity index (χ4v) is 3.53. The van der Waals surface area contributed by atoms with Gasteiger partial charge in [0.25, 0.3) is 0 Å². The summed E-state index contributed by atoms with van der Waals surface area (Å²) < 4.78 is 12.4. The Hall–Kier alpha value is -1.81. The Bertz CT molecular complexity index is 724. The minimum absolute atomic E-state index is 0. The predicted molar refractivity (Wildman–Crippen MR) is 103 cm³/mol. The maximum Gasteiger partial charge on any atom is 0.130 e. The van der Waals surface area contributed by atoms with Crippen LogP contribution in [0.15, 0.2) is 60.7 Å². The van der Waals surface area contributed by atoms with E-state index in [1.807, 2.05) is 24.3 Å². The number of piperidine rings is 1. The number of ether oxygens (including phenoxy) is 2. The van der Waals surface area contributed by atoms with Crippen LogP contribution >= 0.6 is 12.4 Å². The summed E-state index contributed by atoms with van der Waals surface area (Å²) in [6, 6.07) is 18.6. The van der Waals surface area contributed by atoms with Crippen LogP contribution in [0.2, 0.25) is 0 Å². The molecule has 0 atom stereocenters. The van der Waals surface area contributed by atoms with E-state index in [4.69, 9.17) is 9.47 Å². The average molecular weight is 358 g/mol. The summed E-state index contributed by atoms with van der Waals surface area (Å²) in [5, 5.41) is 3.42. The van der Waals surface area contributed by atoms with Crippen LogP contribution in [0, 0.1) is 0 Å². The minimum Gasteiger partial charge on any atom is -0.482 e. The molecule has 4 heteroatoms. The monoisotopic (exact) mass is 357 g/mol. The number of benzene rings is 2. The van der Waals surface area contributed by atoms with Crippen LogP contribution in [0.4, 0.5) is 0 Å². The number of nitrogens with one attached hydrogen (secondary N) is 1. The van der Waals surface area contributed by atoms with Gasteiger partial charge in [0, 0.05) is 18.4 Å². The van der Waals surface area contributed by atoms with Gasteiger partial charge in [0.05, 0.1) is 13.2 Å². The number of fused-ring (bicyclic) bond motifs is 1. The van der Waals surface area contributed by atoms with Gasteiger partial charge in [-0.1, -0.05) is 48.5 Å². The first kappa shape index (κ1) is 18.0. The van der Waals surface area contributed by atoms with Crippen molar-refractivity contribution in [3.8, 4) is 5.75 Å². The molecule has 4 rings (SSSR count). The van der Waals surface area contributed by atoms with E-state index < -0.39 is 0 Å². The van der Waals surface area contributed by atoms with Crippen LogP contribution in [0.1, 0.15) is 24.0 Å². The minimum atomic E-state index is -0.176. The van der Waals surface area contributed by atoms with Gasteiger partial charge >= 0.3 is 0 Å². The molecule has 2 aliphatic rings. The van der Waals surface area contributed by atoms with Crippen molar-refractivity contribution >= 4 is 18.0 Å². The summed E-state index contributed by atoms with van der Waals surface area (Å²) >= 11 is 0. The smallest absolute Gasteiger partial charge is 0.130 e. The van der Waals surface area contributed by atoms with Crippen LogP contribution in [0.25, 0.3) is 5.57 Å². The maximum atomic E-state index is 6.38. The Labute approximate surface area is 155 Å². The summed E-state index contributed by atoms with van der Waals surface area (Å²) in [5.41, 5.74) is 3.44. The highest BCUT2D eigenvalue weighted by atomic mass is 35.5. The molecule has 0 radical (unpaired) electrons. The molecule has 2 heterocycles. The van der Waals surface area contributed by atoms with Gasteiger partial charge in [0.2, 0.25) is 0 Å². The van der Waals surface area contributed by atoms with Gasteiger partial charge in [0.1, 0.15) is 11.4 Å². The molecule has 2 aliphatic heterocycles. The number of hydrogen-bond acceptors (Lipinski definition) is 3. The van der Waals surface area contributed by atoms with Gasteiger partial charge in [-0.05, 0) is 36.4 Å². The summed E-state index contributed by atoms with van der Waals surface area (Å²) in [7, 11) is 0. The van der Waals surface area contributed by atoms with Gasteiger partial charge in [0.15, 0.2) is 0 Å². The highest BCUT2D eigenvalue weighted by Gasteiger charge is 2.36. The van der Waals surface area contributed by atoms with Crippen LogP contribution < -0.4 is 10.1 Å². The third-order valence-corrected chi connectivity index (χ3v) is 4.80. The Balaban J connectivity index is 0.00000182. The summed E-state index contributed by atoms with van der Waals surface area (Å²) in [5.74, 6) is 0.986. The molecule has 0 bridgehead atoms. The number of rotatable bonds is 4. The molecular formula is C21H24ClNO2. The number of para-hydroxylation sites is 1. The third-order valence-electron chi connectivity index (χ3n) is 4.80. The fourth-order valence-electron chi connectivity index (χ4n) is 3.53. The summed E-state index contributed by atoms with van der Waals surface area (Å²) in [6.07, 6.45) is 4.31. The molecule has 0 aromatic heterocycles. The zero-order valence-electron chi connectivity index (χ0n) is 14.2. The van der Waals surface area contributed by atoms with Crippen LogP contribution in [0.5, 0.6) is 5.75 Å². The lowest BCUT2D eigenvalue weighted by Gasteiger charge is -2.40. The van der Waals surface area contributed by atoms with Gasteiger partial charge < -0.3 is 14.8 Å². The molecule has 132 valence electrons. The molecule has 1 saturated heterocycles. The fraction of sp³-hybridized carbons (Fsp3) is 0.333. The van der Waals surface area contributed by atoms with Crippen molar-refractivity contribution in [2.24, 2.45) is 0 Å². The van der Waals surface area contributed by atoms with Crippen molar-refractivity contribution in [1.29, 1.82) is 0 Å². The SMILES string of the molecule is C1=C(COCc2ccccc2)c2ccccc2OC12CCNCC2.Cl. The largest absolute Gasteiger partial charge is 0.482 e. The van der Waals surface area contributed by atoms with Crippen LogP contribution in [-0.4, -0.2) is 25.3 Å². The molecule has 0 saturated carbocycles. The van der Waals surface area contributed by atoms with E-state index in [0.717, 1.165) is 37.2 Å². The van der Waals surface area contributed by atoms with Gasteiger partial charge in [-0.25, -0.2) is 0 Å². The van der Waals surface area contributed by atoms with Gasteiger partial charge in [-0.3, -0.25) is 0 Å². The predicted octanol–water partition coefficient (Wildman–Crippen LogP) is 4.22. The molecule has 0 unspecified atom stereocenters. The van der Waals surface area contributed by atoms with Crippen molar-refractivity contribution in [3.63, 3.8) is 0 Å². The van der Waals surface area contributed by atoms with E-state index in [0.29, 0.717) is 13.2 Å². The standard InChI is InChI=1S/C21H23NO2.ClH/c1-2-6-17(7-3-1)15-23-16-18-14-21(10-12-22-13-11-21)24-20-9-5-4-8-19(18)20;/h1-9,14,22H,10-13,15-16H2;1H. The molecule has 1 spiro atoms. The lowest BCUT2D eigenvalue weighted by molar-refractivity contribution is 0.0788. The Morgan fingerprint density at radius 3 is 2.44 bits per heavy atom. The second-order valence-corrected chi connectivity index (χ2v) is 6.56. The topological polar surface area (TPSA) is 30.5 Å². The number of halogens is 1. The molecule has 1 N–H and O–H groups in total. The Morgan fingerprint density at radius 2 is 1.64 bits per heavy atom. The second-order valence-electron chi connectivity index (χ2n) is 6.56. The lowest BCUT2D eigenvalue weighted by Crippen LogP contribution is -2.46. The molecule has 25 heavy (non-hydrogen) atoms. The van der Waals surface area contributed by atoms with E-state index in [1.54, 1.807) is 0 Å². The first-order valence-corrected chi connectivity index (χ1v) is 8.67.